The number of carbonyl (C=O) groups excluding carboxylic acids is 1. The molecule has 0 spiro atoms. The van der Waals surface area contributed by atoms with E-state index in [0.29, 0.717) is 0 Å². The van der Waals surface area contributed by atoms with Crippen molar-refractivity contribution in [2.75, 3.05) is 4.72 Å². The molecule has 0 aliphatic carbocycles. The number of aromatic nitrogens is 1. The molecule has 2 N–H and O–H groups in total. The fraction of sp³-hybridized carbons (Fsp3) is 0.556. The second-order valence-electron chi connectivity index (χ2n) is 4.55. The smallest absolute Gasteiger partial charge is 0.293 e. The minimum absolute atomic E-state index is 0.173. The first-order valence-electron chi connectivity index (χ1n) is 4.87. The highest BCUT2D eigenvalue weighted by molar-refractivity contribution is 7.91. The fourth-order valence-electron chi connectivity index (χ4n) is 1.03. The standard InChI is InChI=1S/C9H15N3O3S2/c1-6(13)7-5-16-8(10-7)11-17(14,15)12-9(2,3)4/h5,12H,1-4H3,(H,10,11). The van der Waals surface area contributed by atoms with Crippen LogP contribution >= 0.6 is 11.3 Å². The Kier molecular flexibility index (Phi) is 3.90. The largest absolute Gasteiger partial charge is 0.301 e. The predicted octanol–water partition coefficient (Wildman–Crippen LogP) is 1.39. The summed E-state index contributed by atoms with van der Waals surface area (Å²) in [6.45, 7) is 6.57. The van der Waals surface area contributed by atoms with Gasteiger partial charge in [-0.25, -0.2) is 9.71 Å². The highest BCUT2D eigenvalue weighted by Gasteiger charge is 2.20. The van der Waals surface area contributed by atoms with E-state index < -0.39 is 15.7 Å². The van der Waals surface area contributed by atoms with Crippen molar-refractivity contribution in [1.82, 2.24) is 9.71 Å². The van der Waals surface area contributed by atoms with Crippen molar-refractivity contribution in [3.05, 3.63) is 11.1 Å². The molecule has 0 saturated carbocycles. The highest BCUT2D eigenvalue weighted by Crippen LogP contribution is 2.17. The van der Waals surface area contributed by atoms with Crippen LogP contribution in [0.4, 0.5) is 5.13 Å². The molecule has 0 atom stereocenters. The van der Waals surface area contributed by atoms with Crippen molar-refractivity contribution in [3.63, 3.8) is 0 Å². The Morgan fingerprint density at radius 2 is 2.00 bits per heavy atom. The minimum Gasteiger partial charge on any atom is -0.293 e. The van der Waals surface area contributed by atoms with Crippen LogP contribution in [0.1, 0.15) is 38.2 Å². The number of ketones is 1. The molecule has 0 aliphatic rings. The third kappa shape index (κ3) is 4.80. The summed E-state index contributed by atoms with van der Waals surface area (Å²) in [7, 11) is -3.67. The van der Waals surface area contributed by atoms with Crippen LogP contribution in [0, 0.1) is 0 Å². The molecule has 0 aromatic carbocycles. The molecule has 0 radical (unpaired) electrons. The van der Waals surface area contributed by atoms with Crippen LogP contribution in [0.2, 0.25) is 0 Å². The number of Topliss-reactive ketones (excluding diaryl/α,β-unsaturated/α-hetero) is 1. The van der Waals surface area contributed by atoms with E-state index in [4.69, 9.17) is 0 Å². The second-order valence-corrected chi connectivity index (χ2v) is 6.82. The SMILES string of the molecule is CC(=O)c1csc(NS(=O)(=O)NC(C)(C)C)n1. The van der Waals surface area contributed by atoms with Gasteiger partial charge in [-0.3, -0.25) is 4.79 Å². The van der Waals surface area contributed by atoms with Crippen molar-refractivity contribution in [2.45, 2.75) is 33.2 Å². The molecule has 0 bridgehead atoms. The lowest BCUT2D eigenvalue weighted by atomic mass is 10.1. The molecule has 0 fully saturated rings. The number of nitrogens with zero attached hydrogens (tertiary/aromatic N) is 1. The van der Waals surface area contributed by atoms with E-state index in [1.165, 1.54) is 12.3 Å². The van der Waals surface area contributed by atoms with Crippen LogP contribution in [0.25, 0.3) is 0 Å². The van der Waals surface area contributed by atoms with Gasteiger partial charge < -0.3 is 0 Å². The predicted molar refractivity (Wildman–Crippen MR) is 67.5 cm³/mol. The molecule has 96 valence electrons. The summed E-state index contributed by atoms with van der Waals surface area (Å²) in [6.07, 6.45) is 0. The quantitative estimate of drug-likeness (QED) is 0.814. The lowest BCUT2D eigenvalue weighted by molar-refractivity contribution is 0.101. The second kappa shape index (κ2) is 4.71. The van der Waals surface area contributed by atoms with Crippen molar-refractivity contribution in [2.24, 2.45) is 0 Å². The number of hydrogen-bond acceptors (Lipinski definition) is 5. The Bertz CT molecular complexity index is 514. The van der Waals surface area contributed by atoms with Crippen LogP contribution < -0.4 is 9.44 Å². The van der Waals surface area contributed by atoms with Gasteiger partial charge in [-0.15, -0.1) is 11.3 Å². The van der Waals surface area contributed by atoms with E-state index in [1.807, 2.05) is 0 Å². The number of hydrogen-bond donors (Lipinski definition) is 2. The molecule has 1 rings (SSSR count). The van der Waals surface area contributed by atoms with E-state index in [0.717, 1.165) is 11.3 Å². The number of anilines is 1. The summed E-state index contributed by atoms with van der Waals surface area (Å²) >= 11 is 1.07. The molecular weight excluding hydrogens is 262 g/mol. The van der Waals surface area contributed by atoms with Gasteiger partial charge in [-0.2, -0.15) is 13.1 Å². The average Bonchev–Trinajstić information content (AvgIpc) is 2.46. The summed E-state index contributed by atoms with van der Waals surface area (Å²) in [4.78, 5) is 14.9. The maximum Gasteiger partial charge on any atom is 0.301 e. The lowest BCUT2D eigenvalue weighted by Crippen LogP contribution is -2.43. The maximum absolute atomic E-state index is 11.7. The summed E-state index contributed by atoms with van der Waals surface area (Å²) in [5.41, 5.74) is -0.324. The molecule has 6 nitrogen and oxygen atoms in total. The van der Waals surface area contributed by atoms with Crippen molar-refractivity contribution >= 4 is 32.5 Å². The Morgan fingerprint density at radius 3 is 2.41 bits per heavy atom. The monoisotopic (exact) mass is 277 g/mol. The van der Waals surface area contributed by atoms with Gasteiger partial charge in [0.05, 0.1) is 0 Å². The Hall–Kier alpha value is -0.990. The molecule has 1 aromatic rings. The summed E-state index contributed by atoms with van der Waals surface area (Å²) in [5, 5.41) is 1.68. The Balaban J connectivity index is 2.80. The van der Waals surface area contributed by atoms with Gasteiger partial charge >= 0.3 is 10.2 Å². The van der Waals surface area contributed by atoms with Gasteiger partial charge in [-0.1, -0.05) is 0 Å². The van der Waals surface area contributed by atoms with E-state index in [1.54, 1.807) is 20.8 Å². The van der Waals surface area contributed by atoms with Gasteiger partial charge in [0.25, 0.3) is 0 Å². The Labute approximate surface area is 105 Å². The van der Waals surface area contributed by atoms with Crippen LogP contribution in [-0.2, 0) is 10.2 Å². The van der Waals surface area contributed by atoms with E-state index >= 15 is 0 Å². The van der Waals surface area contributed by atoms with Crippen molar-refractivity contribution < 1.29 is 13.2 Å². The summed E-state index contributed by atoms with van der Waals surface area (Å²) in [5.74, 6) is -0.199. The first-order valence-corrected chi connectivity index (χ1v) is 7.23. The third-order valence-corrected chi connectivity index (χ3v) is 3.76. The minimum atomic E-state index is -3.67. The van der Waals surface area contributed by atoms with Crippen LogP contribution in [0.5, 0.6) is 0 Å². The Morgan fingerprint density at radius 1 is 1.41 bits per heavy atom. The fourth-order valence-corrected chi connectivity index (χ4v) is 3.27. The molecule has 17 heavy (non-hydrogen) atoms. The zero-order valence-electron chi connectivity index (χ0n) is 10.1. The van der Waals surface area contributed by atoms with Crippen LogP contribution in [0.15, 0.2) is 5.38 Å². The number of thiazole rings is 1. The maximum atomic E-state index is 11.7. The molecule has 8 heteroatoms. The van der Waals surface area contributed by atoms with E-state index in [-0.39, 0.29) is 16.6 Å². The summed E-state index contributed by atoms with van der Waals surface area (Å²) in [6, 6.07) is 0. The van der Waals surface area contributed by atoms with E-state index in [2.05, 4.69) is 14.4 Å². The number of rotatable bonds is 4. The zero-order chi connectivity index (χ0) is 13.3. The average molecular weight is 277 g/mol. The molecule has 1 aromatic heterocycles. The van der Waals surface area contributed by atoms with Crippen LogP contribution in [-0.4, -0.2) is 24.7 Å². The topological polar surface area (TPSA) is 88.2 Å². The molecule has 0 aliphatic heterocycles. The van der Waals surface area contributed by atoms with Gasteiger partial charge in [-0.05, 0) is 20.8 Å². The first kappa shape index (κ1) is 14.1. The first-order chi connectivity index (χ1) is 7.59. The van der Waals surface area contributed by atoms with E-state index in [9.17, 15) is 13.2 Å². The van der Waals surface area contributed by atoms with Crippen molar-refractivity contribution in [1.29, 1.82) is 0 Å². The van der Waals surface area contributed by atoms with Crippen molar-refractivity contribution in [3.8, 4) is 0 Å². The van der Waals surface area contributed by atoms with Gasteiger partial charge in [0.2, 0.25) is 0 Å². The van der Waals surface area contributed by atoms with Gasteiger partial charge in [0.15, 0.2) is 10.9 Å². The van der Waals surface area contributed by atoms with Crippen LogP contribution in [0.3, 0.4) is 0 Å². The van der Waals surface area contributed by atoms with Gasteiger partial charge in [0, 0.05) is 17.8 Å². The third-order valence-electron chi connectivity index (χ3n) is 1.53. The normalized spacial score (nSPS) is 12.5. The lowest BCUT2D eigenvalue weighted by Gasteiger charge is -2.19. The molecule has 0 amide bonds. The number of carbonyl (C=O) groups is 1. The van der Waals surface area contributed by atoms with Gasteiger partial charge in [0.1, 0.15) is 5.69 Å². The molecule has 0 saturated heterocycles. The molecular formula is C9H15N3O3S2. The number of nitrogens with one attached hydrogen (secondary N) is 2. The summed E-state index contributed by atoms with van der Waals surface area (Å²) < 4.78 is 28.0. The zero-order valence-corrected chi connectivity index (χ0v) is 11.7. The highest BCUT2D eigenvalue weighted by atomic mass is 32.2. The molecule has 0 unspecified atom stereocenters. The molecule has 1 heterocycles.